The van der Waals surface area contributed by atoms with Crippen LogP contribution in [0.25, 0.3) is 0 Å². The van der Waals surface area contributed by atoms with Crippen LogP contribution in [0, 0.1) is 0 Å². The molecule has 0 spiro atoms. The number of hydrogen-bond donors (Lipinski definition) is 0. The van der Waals surface area contributed by atoms with E-state index in [1.807, 2.05) is 11.4 Å². The lowest BCUT2D eigenvalue weighted by atomic mass is 10.1. The summed E-state index contributed by atoms with van der Waals surface area (Å²) in [4.78, 5) is 26.9. The lowest BCUT2D eigenvalue weighted by Crippen LogP contribution is -2.38. The molecule has 1 aromatic heterocycles. The molecule has 1 aliphatic rings. The van der Waals surface area contributed by atoms with E-state index >= 15 is 0 Å². The van der Waals surface area contributed by atoms with Gasteiger partial charge in [-0.25, -0.2) is 4.79 Å². The third-order valence-corrected chi connectivity index (χ3v) is 4.96. The largest absolute Gasteiger partial charge is 0.482 e. The number of amides is 1. The molecule has 24 heavy (non-hydrogen) atoms. The molecule has 126 valence electrons. The number of benzene rings is 1. The van der Waals surface area contributed by atoms with Crippen LogP contribution in [0.1, 0.15) is 10.4 Å². The SMILES string of the molecule is O=C(COc1ccc(Cl)cc1)OCC(=O)N1CCc2sccc2C1. The Morgan fingerprint density at radius 1 is 1.17 bits per heavy atom. The molecule has 0 atom stereocenters. The van der Waals surface area contributed by atoms with Gasteiger partial charge in [0.25, 0.3) is 5.91 Å². The van der Waals surface area contributed by atoms with E-state index in [0.29, 0.717) is 23.9 Å². The first-order chi connectivity index (χ1) is 11.6. The van der Waals surface area contributed by atoms with E-state index < -0.39 is 5.97 Å². The van der Waals surface area contributed by atoms with Crippen LogP contribution in [0.5, 0.6) is 5.75 Å². The molecule has 1 aliphatic heterocycles. The molecule has 0 radical (unpaired) electrons. The van der Waals surface area contributed by atoms with E-state index in [0.717, 1.165) is 6.42 Å². The second-order valence-electron chi connectivity index (χ2n) is 5.34. The van der Waals surface area contributed by atoms with Crippen LogP contribution in [0.15, 0.2) is 35.7 Å². The zero-order chi connectivity index (χ0) is 16.9. The van der Waals surface area contributed by atoms with Crippen molar-refractivity contribution < 1.29 is 19.1 Å². The summed E-state index contributed by atoms with van der Waals surface area (Å²) in [6.07, 6.45) is 0.854. The number of ether oxygens (including phenoxy) is 2. The van der Waals surface area contributed by atoms with Gasteiger partial charge < -0.3 is 14.4 Å². The van der Waals surface area contributed by atoms with Crippen molar-refractivity contribution in [3.05, 3.63) is 51.2 Å². The standard InChI is InChI=1S/C17H16ClNO4S/c18-13-1-3-14(4-2-13)22-11-17(21)23-10-16(20)19-7-5-15-12(9-19)6-8-24-15/h1-4,6,8H,5,7,9-11H2. The Morgan fingerprint density at radius 3 is 2.75 bits per heavy atom. The summed E-state index contributed by atoms with van der Waals surface area (Å²) in [5, 5.41) is 2.62. The molecule has 0 saturated carbocycles. The molecule has 0 bridgehead atoms. The third-order valence-electron chi connectivity index (χ3n) is 3.69. The Bertz CT molecular complexity index is 728. The molecule has 0 N–H and O–H groups in total. The van der Waals surface area contributed by atoms with Gasteiger partial charge in [0.2, 0.25) is 0 Å². The zero-order valence-corrected chi connectivity index (χ0v) is 14.4. The number of halogens is 1. The first-order valence-electron chi connectivity index (χ1n) is 7.49. The lowest BCUT2D eigenvalue weighted by molar-refractivity contribution is -0.154. The fraction of sp³-hybridized carbons (Fsp3) is 0.294. The summed E-state index contributed by atoms with van der Waals surface area (Å²) in [7, 11) is 0. The molecule has 0 aliphatic carbocycles. The Balaban J connectivity index is 1.41. The quantitative estimate of drug-likeness (QED) is 0.764. The molecular formula is C17H16ClNO4S. The van der Waals surface area contributed by atoms with E-state index in [4.69, 9.17) is 21.1 Å². The first kappa shape index (κ1) is 16.8. The second-order valence-corrected chi connectivity index (χ2v) is 6.77. The minimum atomic E-state index is -0.577. The number of fused-ring (bicyclic) bond motifs is 1. The van der Waals surface area contributed by atoms with E-state index in [2.05, 4.69) is 0 Å². The molecule has 7 heteroatoms. The van der Waals surface area contributed by atoms with Gasteiger partial charge in [-0.3, -0.25) is 4.79 Å². The maximum atomic E-state index is 12.1. The van der Waals surface area contributed by atoms with Crippen molar-refractivity contribution in [2.75, 3.05) is 19.8 Å². The van der Waals surface area contributed by atoms with Crippen molar-refractivity contribution in [2.45, 2.75) is 13.0 Å². The van der Waals surface area contributed by atoms with Gasteiger partial charge in [-0.1, -0.05) is 11.6 Å². The van der Waals surface area contributed by atoms with Crippen molar-refractivity contribution >= 4 is 34.8 Å². The van der Waals surface area contributed by atoms with Crippen LogP contribution in [-0.2, 0) is 27.3 Å². The van der Waals surface area contributed by atoms with E-state index in [9.17, 15) is 9.59 Å². The number of carbonyl (C=O) groups is 2. The topological polar surface area (TPSA) is 55.8 Å². The van der Waals surface area contributed by atoms with Gasteiger partial charge in [0.05, 0.1) is 0 Å². The number of hydrogen-bond acceptors (Lipinski definition) is 5. The summed E-state index contributed by atoms with van der Waals surface area (Å²) >= 11 is 7.48. The van der Waals surface area contributed by atoms with Gasteiger partial charge in [0.15, 0.2) is 13.2 Å². The van der Waals surface area contributed by atoms with Crippen LogP contribution >= 0.6 is 22.9 Å². The van der Waals surface area contributed by atoms with Crippen LogP contribution in [0.4, 0.5) is 0 Å². The molecule has 0 fully saturated rings. The highest BCUT2D eigenvalue weighted by molar-refractivity contribution is 7.10. The van der Waals surface area contributed by atoms with Gasteiger partial charge in [-0.15, -0.1) is 11.3 Å². The minimum Gasteiger partial charge on any atom is -0.482 e. The molecule has 3 rings (SSSR count). The average molecular weight is 366 g/mol. The molecular weight excluding hydrogens is 350 g/mol. The van der Waals surface area contributed by atoms with Gasteiger partial charge in [-0.2, -0.15) is 0 Å². The number of carbonyl (C=O) groups excluding carboxylic acids is 2. The molecule has 5 nitrogen and oxygen atoms in total. The number of thiophene rings is 1. The van der Waals surface area contributed by atoms with Crippen molar-refractivity contribution in [3.63, 3.8) is 0 Å². The van der Waals surface area contributed by atoms with Crippen LogP contribution < -0.4 is 4.74 Å². The summed E-state index contributed by atoms with van der Waals surface area (Å²) in [6.45, 7) is 0.730. The van der Waals surface area contributed by atoms with Crippen molar-refractivity contribution in [2.24, 2.45) is 0 Å². The normalized spacial score (nSPS) is 13.3. The highest BCUT2D eigenvalue weighted by Crippen LogP contribution is 2.24. The van der Waals surface area contributed by atoms with Gasteiger partial charge in [-0.05, 0) is 47.7 Å². The minimum absolute atomic E-state index is 0.188. The number of esters is 1. The number of nitrogens with zero attached hydrogens (tertiary/aromatic N) is 1. The highest BCUT2D eigenvalue weighted by atomic mass is 35.5. The lowest BCUT2D eigenvalue weighted by Gasteiger charge is -2.26. The Labute approximate surface area is 148 Å². The van der Waals surface area contributed by atoms with Crippen LogP contribution in [0.2, 0.25) is 5.02 Å². The van der Waals surface area contributed by atoms with Gasteiger partial charge >= 0.3 is 5.97 Å². The van der Waals surface area contributed by atoms with E-state index in [1.165, 1.54) is 10.4 Å². The molecule has 2 heterocycles. The molecule has 0 unspecified atom stereocenters. The molecule has 2 aromatic rings. The van der Waals surface area contributed by atoms with E-state index in [-0.39, 0.29) is 19.1 Å². The van der Waals surface area contributed by atoms with Crippen LogP contribution in [0.3, 0.4) is 0 Å². The molecule has 1 amide bonds. The Morgan fingerprint density at radius 2 is 1.96 bits per heavy atom. The third kappa shape index (κ3) is 4.27. The molecule has 1 aromatic carbocycles. The predicted molar refractivity (Wildman–Crippen MR) is 91.3 cm³/mol. The maximum absolute atomic E-state index is 12.1. The zero-order valence-electron chi connectivity index (χ0n) is 12.9. The summed E-state index contributed by atoms with van der Waals surface area (Å²) in [6, 6.07) is 8.69. The maximum Gasteiger partial charge on any atom is 0.344 e. The van der Waals surface area contributed by atoms with Gasteiger partial charge in [0.1, 0.15) is 5.75 Å². The van der Waals surface area contributed by atoms with Crippen LogP contribution in [-0.4, -0.2) is 36.5 Å². The summed E-state index contributed by atoms with van der Waals surface area (Å²) < 4.78 is 10.3. The summed E-state index contributed by atoms with van der Waals surface area (Å²) in [5.41, 5.74) is 1.18. The van der Waals surface area contributed by atoms with Crippen molar-refractivity contribution in [3.8, 4) is 5.75 Å². The Hall–Kier alpha value is -2.05. The predicted octanol–water partition coefficient (Wildman–Crippen LogP) is 2.91. The average Bonchev–Trinajstić information content (AvgIpc) is 3.06. The second kappa shape index (κ2) is 7.68. The Kier molecular flexibility index (Phi) is 5.37. The molecule has 0 saturated heterocycles. The fourth-order valence-corrected chi connectivity index (χ4v) is 3.43. The first-order valence-corrected chi connectivity index (χ1v) is 8.74. The fourth-order valence-electron chi connectivity index (χ4n) is 2.41. The summed E-state index contributed by atoms with van der Waals surface area (Å²) in [5.74, 6) is -0.248. The van der Waals surface area contributed by atoms with Crippen molar-refractivity contribution in [1.29, 1.82) is 0 Å². The van der Waals surface area contributed by atoms with Gasteiger partial charge in [0, 0.05) is 23.0 Å². The monoisotopic (exact) mass is 365 g/mol. The number of rotatable bonds is 5. The smallest absolute Gasteiger partial charge is 0.344 e. The van der Waals surface area contributed by atoms with E-state index in [1.54, 1.807) is 40.5 Å². The van der Waals surface area contributed by atoms with Crippen molar-refractivity contribution in [1.82, 2.24) is 4.90 Å². The highest BCUT2D eigenvalue weighted by Gasteiger charge is 2.22.